The Bertz CT molecular complexity index is 451. The zero-order chi connectivity index (χ0) is 13.2. The highest BCUT2D eigenvalue weighted by molar-refractivity contribution is 6.32. The number of β-amino-alcohol motifs (C(OH)–C–C–N with tert-alkyl or cyclic N) is 1. The molecule has 1 fully saturated rings. The van der Waals surface area contributed by atoms with E-state index >= 15 is 0 Å². The summed E-state index contributed by atoms with van der Waals surface area (Å²) in [6, 6.07) is 3.41. The van der Waals surface area contributed by atoms with Crippen molar-refractivity contribution < 1.29 is 9.90 Å². The van der Waals surface area contributed by atoms with Crippen LogP contribution in [0.2, 0.25) is 5.15 Å². The van der Waals surface area contributed by atoms with E-state index < -0.39 is 5.60 Å². The van der Waals surface area contributed by atoms with Gasteiger partial charge in [-0.05, 0) is 25.5 Å². The molecule has 2 rings (SSSR count). The number of hydrogen-bond acceptors (Lipinski definition) is 4. The summed E-state index contributed by atoms with van der Waals surface area (Å²) < 4.78 is 0. The van der Waals surface area contributed by atoms with Gasteiger partial charge in [0.05, 0.1) is 17.8 Å². The molecule has 1 aliphatic rings. The molecule has 2 N–H and O–H groups in total. The van der Waals surface area contributed by atoms with E-state index in [-0.39, 0.29) is 17.6 Å². The first-order valence-electron chi connectivity index (χ1n) is 5.81. The maximum Gasteiger partial charge on any atom is 0.238 e. The highest BCUT2D eigenvalue weighted by Gasteiger charge is 2.32. The topological polar surface area (TPSA) is 65.5 Å². The molecule has 0 aromatic carbocycles. The normalized spacial score (nSPS) is 24.2. The van der Waals surface area contributed by atoms with Crippen molar-refractivity contribution >= 4 is 23.2 Å². The molecule has 0 spiro atoms. The van der Waals surface area contributed by atoms with E-state index in [0.29, 0.717) is 18.7 Å². The van der Waals surface area contributed by atoms with Crippen LogP contribution in [0.3, 0.4) is 0 Å². The number of rotatable bonds is 3. The molecule has 1 aromatic rings. The molecule has 1 amide bonds. The quantitative estimate of drug-likeness (QED) is 0.808. The molecular weight excluding hydrogens is 254 g/mol. The van der Waals surface area contributed by atoms with Crippen molar-refractivity contribution in [2.24, 2.45) is 0 Å². The highest BCUT2D eigenvalue weighted by atomic mass is 35.5. The number of nitrogens with one attached hydrogen (secondary N) is 1. The summed E-state index contributed by atoms with van der Waals surface area (Å²) in [6.45, 7) is 3.27. The minimum Gasteiger partial charge on any atom is -0.389 e. The summed E-state index contributed by atoms with van der Waals surface area (Å²) in [5.74, 6) is -0.150. The van der Waals surface area contributed by atoms with Gasteiger partial charge in [-0.25, -0.2) is 4.98 Å². The molecule has 98 valence electrons. The van der Waals surface area contributed by atoms with Gasteiger partial charge in [0.15, 0.2) is 5.15 Å². The number of anilines is 1. The molecule has 6 heteroatoms. The first-order valence-corrected chi connectivity index (χ1v) is 6.19. The number of carbonyl (C=O) groups excluding carboxylic acids is 1. The maximum atomic E-state index is 11.8. The number of aromatic nitrogens is 1. The van der Waals surface area contributed by atoms with Crippen molar-refractivity contribution in [2.45, 2.75) is 18.9 Å². The largest absolute Gasteiger partial charge is 0.389 e. The number of carbonyl (C=O) groups is 1. The third kappa shape index (κ3) is 3.41. The van der Waals surface area contributed by atoms with E-state index in [1.165, 1.54) is 0 Å². The van der Waals surface area contributed by atoms with E-state index in [1.54, 1.807) is 25.3 Å². The Labute approximate surface area is 111 Å². The summed E-state index contributed by atoms with van der Waals surface area (Å²) in [4.78, 5) is 17.6. The lowest BCUT2D eigenvalue weighted by Crippen LogP contribution is -2.35. The van der Waals surface area contributed by atoms with Gasteiger partial charge >= 0.3 is 0 Å². The van der Waals surface area contributed by atoms with E-state index in [2.05, 4.69) is 10.3 Å². The zero-order valence-electron chi connectivity index (χ0n) is 10.2. The third-order valence-electron chi connectivity index (χ3n) is 2.93. The fraction of sp³-hybridized carbons (Fsp3) is 0.500. The van der Waals surface area contributed by atoms with Gasteiger partial charge in [0, 0.05) is 19.3 Å². The van der Waals surface area contributed by atoms with E-state index in [9.17, 15) is 9.90 Å². The van der Waals surface area contributed by atoms with Gasteiger partial charge in [-0.15, -0.1) is 0 Å². The lowest BCUT2D eigenvalue weighted by atomic mass is 10.1. The Hall–Kier alpha value is -1.17. The molecule has 5 nitrogen and oxygen atoms in total. The Morgan fingerprint density at radius 2 is 2.50 bits per heavy atom. The first-order chi connectivity index (χ1) is 8.46. The molecule has 1 unspecified atom stereocenters. The highest BCUT2D eigenvalue weighted by Crippen LogP contribution is 2.20. The number of aliphatic hydroxyl groups is 1. The minimum atomic E-state index is -0.688. The van der Waals surface area contributed by atoms with Crippen LogP contribution in [-0.4, -0.2) is 46.1 Å². The van der Waals surface area contributed by atoms with Crippen LogP contribution < -0.4 is 5.32 Å². The second-order valence-electron chi connectivity index (χ2n) is 4.85. The lowest BCUT2D eigenvalue weighted by molar-refractivity contribution is -0.117. The summed E-state index contributed by atoms with van der Waals surface area (Å²) in [7, 11) is 0. The van der Waals surface area contributed by atoms with Crippen LogP contribution >= 0.6 is 11.6 Å². The average molecular weight is 270 g/mol. The second-order valence-corrected chi connectivity index (χ2v) is 5.21. The van der Waals surface area contributed by atoms with Crippen LogP contribution in [0.4, 0.5) is 5.69 Å². The lowest BCUT2D eigenvalue weighted by Gasteiger charge is -2.18. The van der Waals surface area contributed by atoms with Crippen LogP contribution in [-0.2, 0) is 4.79 Å². The molecule has 1 aliphatic heterocycles. The summed E-state index contributed by atoms with van der Waals surface area (Å²) in [5, 5.41) is 12.8. The standard InChI is InChI=1S/C12H16ClN3O2/c1-12(18)4-6-16(8-12)7-10(17)15-9-3-2-5-14-11(9)13/h2-3,5,18H,4,6-8H2,1H3,(H,15,17). The molecule has 18 heavy (non-hydrogen) atoms. The fourth-order valence-electron chi connectivity index (χ4n) is 2.05. The van der Waals surface area contributed by atoms with Crippen molar-refractivity contribution in [3.8, 4) is 0 Å². The van der Waals surface area contributed by atoms with Crippen LogP contribution in [0.25, 0.3) is 0 Å². The summed E-state index contributed by atoms with van der Waals surface area (Å²) >= 11 is 5.85. The van der Waals surface area contributed by atoms with Crippen molar-refractivity contribution in [3.63, 3.8) is 0 Å². The van der Waals surface area contributed by atoms with Gasteiger partial charge < -0.3 is 10.4 Å². The SMILES string of the molecule is CC1(O)CCN(CC(=O)Nc2cccnc2Cl)C1. The first kappa shape index (κ1) is 13.3. The van der Waals surface area contributed by atoms with Gasteiger partial charge in [0.1, 0.15) is 0 Å². The van der Waals surface area contributed by atoms with E-state index in [0.717, 1.165) is 6.54 Å². The molecular formula is C12H16ClN3O2. The Morgan fingerprint density at radius 3 is 3.11 bits per heavy atom. The van der Waals surface area contributed by atoms with Gasteiger partial charge in [0.2, 0.25) is 5.91 Å². The van der Waals surface area contributed by atoms with Gasteiger partial charge in [-0.2, -0.15) is 0 Å². The molecule has 1 saturated heterocycles. The maximum absolute atomic E-state index is 11.8. The van der Waals surface area contributed by atoms with Gasteiger partial charge in [0.25, 0.3) is 0 Å². The molecule has 0 saturated carbocycles. The van der Waals surface area contributed by atoms with Gasteiger partial charge in [-0.1, -0.05) is 11.6 Å². The monoisotopic (exact) mass is 269 g/mol. The Balaban J connectivity index is 1.88. The van der Waals surface area contributed by atoms with Crippen LogP contribution in [0, 0.1) is 0 Å². The number of pyridine rings is 1. The second kappa shape index (κ2) is 5.22. The smallest absolute Gasteiger partial charge is 0.238 e. The molecule has 2 heterocycles. The predicted molar refractivity (Wildman–Crippen MR) is 69.6 cm³/mol. The summed E-state index contributed by atoms with van der Waals surface area (Å²) in [5.41, 5.74) is -0.179. The molecule has 0 bridgehead atoms. The van der Waals surface area contributed by atoms with Crippen LogP contribution in [0.5, 0.6) is 0 Å². The Kier molecular flexibility index (Phi) is 3.85. The van der Waals surface area contributed by atoms with Gasteiger partial charge in [-0.3, -0.25) is 9.69 Å². The van der Waals surface area contributed by atoms with Crippen molar-refractivity contribution in [3.05, 3.63) is 23.5 Å². The average Bonchev–Trinajstić information content (AvgIpc) is 2.61. The predicted octanol–water partition coefficient (Wildman–Crippen LogP) is 1.13. The summed E-state index contributed by atoms with van der Waals surface area (Å²) in [6.07, 6.45) is 2.25. The minimum absolute atomic E-state index is 0.150. The third-order valence-corrected chi connectivity index (χ3v) is 3.23. The van der Waals surface area contributed by atoms with Crippen molar-refractivity contribution in [1.29, 1.82) is 0 Å². The number of amides is 1. The van der Waals surface area contributed by atoms with Crippen LogP contribution in [0.15, 0.2) is 18.3 Å². The molecule has 0 radical (unpaired) electrons. The fourth-order valence-corrected chi connectivity index (χ4v) is 2.21. The Morgan fingerprint density at radius 1 is 1.72 bits per heavy atom. The number of likely N-dealkylation sites (tertiary alicyclic amines) is 1. The van der Waals surface area contributed by atoms with Crippen molar-refractivity contribution in [1.82, 2.24) is 9.88 Å². The molecule has 1 aromatic heterocycles. The van der Waals surface area contributed by atoms with Crippen molar-refractivity contribution in [2.75, 3.05) is 25.0 Å². The van der Waals surface area contributed by atoms with E-state index in [1.807, 2.05) is 4.90 Å². The molecule has 1 atom stereocenters. The zero-order valence-corrected chi connectivity index (χ0v) is 10.9. The molecule has 0 aliphatic carbocycles. The number of hydrogen-bond donors (Lipinski definition) is 2. The van der Waals surface area contributed by atoms with Crippen LogP contribution in [0.1, 0.15) is 13.3 Å². The van der Waals surface area contributed by atoms with E-state index in [4.69, 9.17) is 11.6 Å². The number of halogens is 1. The number of nitrogens with zero attached hydrogens (tertiary/aromatic N) is 2.